The van der Waals surface area contributed by atoms with Gasteiger partial charge in [0.25, 0.3) is 10.0 Å². The quantitative estimate of drug-likeness (QED) is 0.678. The van der Waals surface area contributed by atoms with Crippen molar-refractivity contribution < 1.29 is 22.7 Å². The Labute approximate surface area is 180 Å². The molecule has 4 rings (SSSR count). The Morgan fingerprint density at radius 1 is 1.13 bits per heavy atom. The second-order valence-electron chi connectivity index (χ2n) is 7.39. The smallest absolute Gasteiger partial charge is 0.307 e. The average molecular weight is 440 g/mol. The topological polar surface area (TPSA) is 86.7 Å². The van der Waals surface area contributed by atoms with E-state index in [-0.39, 0.29) is 17.7 Å². The van der Waals surface area contributed by atoms with Gasteiger partial charge in [0.2, 0.25) is 0 Å². The molecule has 8 heteroatoms. The fourth-order valence-electron chi connectivity index (χ4n) is 3.98. The number of hydrogen-bond donors (Lipinski definition) is 2. The first kappa shape index (κ1) is 20.9. The van der Waals surface area contributed by atoms with E-state index in [0.29, 0.717) is 16.8 Å². The second-order valence-corrected chi connectivity index (χ2v) is 9.21. The number of carboxylic acid groups (broad SMARTS) is 1. The molecule has 1 heterocycles. The lowest BCUT2D eigenvalue weighted by Crippen LogP contribution is -2.36. The Kier molecular flexibility index (Phi) is 5.41. The second kappa shape index (κ2) is 8.03. The molecule has 0 aromatic heterocycles. The number of para-hydroxylation sites is 1. The van der Waals surface area contributed by atoms with Crippen molar-refractivity contribution in [3.05, 3.63) is 89.4 Å². The first-order valence-electron chi connectivity index (χ1n) is 9.73. The number of nitrogens with one attached hydrogen (secondary N) is 1. The lowest BCUT2D eigenvalue weighted by Gasteiger charge is -2.29. The van der Waals surface area contributed by atoms with Gasteiger partial charge in [0.15, 0.2) is 0 Å². The van der Waals surface area contributed by atoms with Crippen molar-refractivity contribution in [1.29, 1.82) is 0 Å². The summed E-state index contributed by atoms with van der Waals surface area (Å²) in [6.45, 7) is 1.57. The third-order valence-corrected chi connectivity index (χ3v) is 7.30. The first-order chi connectivity index (χ1) is 14.8. The maximum atomic E-state index is 13.9. The number of benzene rings is 2. The number of fused-ring (bicyclic) bond motifs is 1. The van der Waals surface area contributed by atoms with E-state index in [4.69, 9.17) is 0 Å². The predicted molar refractivity (Wildman–Crippen MR) is 116 cm³/mol. The number of halogens is 1. The summed E-state index contributed by atoms with van der Waals surface area (Å²) in [4.78, 5) is 11.4. The van der Waals surface area contributed by atoms with Crippen LogP contribution in [-0.2, 0) is 14.8 Å². The van der Waals surface area contributed by atoms with Gasteiger partial charge in [0.05, 0.1) is 17.4 Å². The van der Waals surface area contributed by atoms with Gasteiger partial charge in [-0.3, -0.25) is 9.10 Å². The van der Waals surface area contributed by atoms with Gasteiger partial charge in [0.1, 0.15) is 5.83 Å². The van der Waals surface area contributed by atoms with Crippen LogP contribution in [0, 0.1) is 0 Å². The van der Waals surface area contributed by atoms with Gasteiger partial charge in [-0.15, -0.1) is 0 Å². The van der Waals surface area contributed by atoms with E-state index in [9.17, 15) is 22.7 Å². The fourth-order valence-corrected chi connectivity index (χ4v) is 5.69. The number of aliphatic carboxylic acids is 1. The minimum Gasteiger partial charge on any atom is -0.481 e. The van der Waals surface area contributed by atoms with Crippen molar-refractivity contribution in [3.63, 3.8) is 0 Å². The van der Waals surface area contributed by atoms with Crippen LogP contribution in [0.1, 0.15) is 19.8 Å². The summed E-state index contributed by atoms with van der Waals surface area (Å²) in [5, 5.41) is 12.5. The standard InChI is InChI=1S/C23H21FN2O4S/c1-15-20(14-23(27)28)21-13-16(24)7-12-22(21)26(15)31(29,30)19-10-8-18(9-11-19)25-17-5-3-2-4-6-17/h2-11,13,22,25H,12,14H2,1H3,(H,27,28). The van der Waals surface area contributed by atoms with Crippen LogP contribution in [0.2, 0.25) is 0 Å². The number of sulfonamides is 1. The fraction of sp³-hybridized carbons (Fsp3) is 0.174. The number of rotatable bonds is 6. The maximum absolute atomic E-state index is 13.9. The average Bonchev–Trinajstić information content (AvgIpc) is 3.00. The highest BCUT2D eigenvalue weighted by Crippen LogP contribution is 2.43. The Morgan fingerprint density at radius 3 is 2.42 bits per heavy atom. The molecule has 2 aromatic rings. The van der Waals surface area contributed by atoms with Crippen LogP contribution in [0.3, 0.4) is 0 Å². The van der Waals surface area contributed by atoms with Crippen molar-refractivity contribution in [2.45, 2.75) is 30.7 Å². The zero-order valence-electron chi connectivity index (χ0n) is 16.7. The van der Waals surface area contributed by atoms with Gasteiger partial charge >= 0.3 is 5.97 Å². The van der Waals surface area contributed by atoms with Gasteiger partial charge in [-0.05, 0) is 73.0 Å². The van der Waals surface area contributed by atoms with E-state index in [0.717, 1.165) is 11.4 Å². The van der Waals surface area contributed by atoms with Crippen LogP contribution >= 0.6 is 0 Å². The summed E-state index contributed by atoms with van der Waals surface area (Å²) in [5.74, 6) is -1.59. The lowest BCUT2D eigenvalue weighted by molar-refractivity contribution is -0.136. The number of nitrogens with zero attached hydrogens (tertiary/aromatic N) is 1. The zero-order chi connectivity index (χ0) is 22.2. The summed E-state index contributed by atoms with van der Waals surface area (Å²) < 4.78 is 42.0. The normalized spacial score (nSPS) is 18.4. The monoisotopic (exact) mass is 440 g/mol. The summed E-state index contributed by atoms with van der Waals surface area (Å²) in [5.41, 5.74) is 2.67. The number of anilines is 2. The van der Waals surface area contributed by atoms with E-state index in [1.54, 1.807) is 19.1 Å². The number of carbonyl (C=O) groups is 1. The largest absolute Gasteiger partial charge is 0.481 e. The summed E-state index contributed by atoms with van der Waals surface area (Å²) in [6.07, 6.45) is 2.33. The highest BCUT2D eigenvalue weighted by Gasteiger charge is 2.42. The Balaban J connectivity index is 1.67. The molecule has 0 radical (unpaired) electrons. The van der Waals surface area contributed by atoms with Crippen LogP contribution < -0.4 is 5.32 Å². The van der Waals surface area contributed by atoms with Crippen molar-refractivity contribution in [2.75, 3.05) is 5.32 Å². The van der Waals surface area contributed by atoms with Crippen LogP contribution in [0.25, 0.3) is 0 Å². The van der Waals surface area contributed by atoms with Crippen molar-refractivity contribution in [1.82, 2.24) is 4.31 Å². The van der Waals surface area contributed by atoms with Crippen molar-refractivity contribution in [3.8, 4) is 0 Å². The molecule has 6 nitrogen and oxygen atoms in total. The molecule has 160 valence electrons. The van der Waals surface area contributed by atoms with Gasteiger partial charge in [-0.1, -0.05) is 18.2 Å². The minimum atomic E-state index is -3.97. The Bertz CT molecular complexity index is 1220. The number of hydrogen-bond acceptors (Lipinski definition) is 4. The van der Waals surface area contributed by atoms with Crippen LogP contribution in [0.15, 0.2) is 94.3 Å². The van der Waals surface area contributed by atoms with Crippen LogP contribution in [0.5, 0.6) is 0 Å². The summed E-state index contributed by atoms with van der Waals surface area (Å²) in [6, 6.07) is 15.2. The molecule has 31 heavy (non-hydrogen) atoms. The molecule has 0 saturated heterocycles. The summed E-state index contributed by atoms with van der Waals surface area (Å²) in [7, 11) is -3.97. The molecule has 0 saturated carbocycles. The number of allylic oxidation sites excluding steroid dienone is 3. The molecule has 1 aliphatic carbocycles. The molecule has 2 aromatic carbocycles. The molecular formula is C23H21FN2O4S. The maximum Gasteiger partial charge on any atom is 0.307 e. The molecule has 2 aliphatic rings. The zero-order valence-corrected chi connectivity index (χ0v) is 17.6. The Morgan fingerprint density at radius 2 is 1.77 bits per heavy atom. The van der Waals surface area contributed by atoms with E-state index in [2.05, 4.69) is 5.32 Å². The third-order valence-electron chi connectivity index (χ3n) is 5.39. The SMILES string of the molecule is CC1=C(CC(=O)O)C2=CC(F)=CCC2N1S(=O)(=O)c1ccc(Nc2ccccc2)cc1. The van der Waals surface area contributed by atoms with Crippen molar-refractivity contribution in [2.24, 2.45) is 0 Å². The molecule has 0 fully saturated rings. The molecule has 0 bridgehead atoms. The highest BCUT2D eigenvalue weighted by atomic mass is 32.2. The van der Waals surface area contributed by atoms with Crippen molar-refractivity contribution >= 4 is 27.4 Å². The highest BCUT2D eigenvalue weighted by molar-refractivity contribution is 7.89. The summed E-state index contributed by atoms with van der Waals surface area (Å²) >= 11 is 0. The molecule has 0 amide bonds. The molecular weight excluding hydrogens is 419 g/mol. The van der Waals surface area contributed by atoms with Gasteiger partial charge in [0, 0.05) is 17.1 Å². The third kappa shape index (κ3) is 3.98. The van der Waals surface area contributed by atoms with E-state index in [1.807, 2.05) is 30.3 Å². The van der Waals surface area contributed by atoms with E-state index < -0.39 is 27.9 Å². The lowest BCUT2D eigenvalue weighted by atomic mass is 9.93. The van der Waals surface area contributed by atoms with E-state index in [1.165, 1.54) is 28.6 Å². The molecule has 1 aliphatic heterocycles. The molecule has 0 spiro atoms. The number of carboxylic acids is 1. The van der Waals surface area contributed by atoms with Crippen LogP contribution in [0.4, 0.5) is 15.8 Å². The predicted octanol–water partition coefficient (Wildman–Crippen LogP) is 4.74. The first-order valence-corrected chi connectivity index (χ1v) is 11.2. The molecule has 2 N–H and O–H groups in total. The Hall–Kier alpha value is -3.39. The van der Waals surface area contributed by atoms with Crippen LogP contribution in [-0.4, -0.2) is 29.8 Å². The molecule has 1 unspecified atom stereocenters. The van der Waals surface area contributed by atoms with Gasteiger partial charge < -0.3 is 10.4 Å². The van der Waals surface area contributed by atoms with E-state index >= 15 is 0 Å². The van der Waals surface area contributed by atoms with Gasteiger partial charge in [-0.2, -0.15) is 0 Å². The van der Waals surface area contributed by atoms with Gasteiger partial charge in [-0.25, -0.2) is 12.8 Å². The molecule has 1 atom stereocenters. The minimum absolute atomic E-state index is 0.0800.